The summed E-state index contributed by atoms with van der Waals surface area (Å²) in [4.78, 5) is 12.7. The van der Waals surface area contributed by atoms with Crippen LogP contribution in [0.25, 0.3) is 11.4 Å². The zero-order valence-electron chi connectivity index (χ0n) is 16.3. The van der Waals surface area contributed by atoms with Gasteiger partial charge in [-0.1, -0.05) is 42.4 Å². The number of carbonyl (C=O) groups is 1. The minimum absolute atomic E-state index is 0.114. The molecule has 0 saturated heterocycles. The third-order valence-corrected chi connectivity index (χ3v) is 5.99. The lowest BCUT2D eigenvalue weighted by atomic mass is 10.2. The van der Waals surface area contributed by atoms with Gasteiger partial charge in [0.2, 0.25) is 5.91 Å². The van der Waals surface area contributed by atoms with Gasteiger partial charge in [-0.2, -0.15) is 5.10 Å². The highest BCUT2D eigenvalue weighted by Gasteiger charge is 2.21. The maximum atomic E-state index is 12.7. The highest BCUT2D eigenvalue weighted by atomic mass is 35.5. The fraction of sp³-hybridized carbons (Fsp3) is 0.368. The van der Waals surface area contributed by atoms with E-state index in [0.29, 0.717) is 21.8 Å². The van der Waals surface area contributed by atoms with Crippen LogP contribution in [0.15, 0.2) is 41.7 Å². The number of thioether (sulfide) groups is 1. The van der Waals surface area contributed by atoms with Gasteiger partial charge in [0.05, 0.1) is 22.5 Å². The SMILES string of the molecule is CC[C@H](C)n1nccc1NC(=O)[C@@H](C)Sc1nnc(-c2ccccc2Cl)n1C. The Morgan fingerprint density at radius 3 is 2.71 bits per heavy atom. The van der Waals surface area contributed by atoms with Crippen LogP contribution in [0.3, 0.4) is 0 Å². The first-order chi connectivity index (χ1) is 13.4. The summed E-state index contributed by atoms with van der Waals surface area (Å²) >= 11 is 7.61. The van der Waals surface area contributed by atoms with E-state index in [1.165, 1.54) is 11.8 Å². The number of carbonyl (C=O) groups excluding carboxylic acids is 1. The number of hydrogen-bond donors (Lipinski definition) is 1. The highest BCUT2D eigenvalue weighted by molar-refractivity contribution is 8.00. The molecule has 7 nitrogen and oxygen atoms in total. The molecule has 0 bridgehead atoms. The second kappa shape index (κ2) is 8.79. The van der Waals surface area contributed by atoms with Crippen molar-refractivity contribution in [2.45, 2.75) is 43.6 Å². The zero-order chi connectivity index (χ0) is 20.3. The standard InChI is InChI=1S/C19H23ClN6OS/c1-5-12(2)26-16(10-11-21-26)22-18(27)13(3)28-19-24-23-17(25(19)4)14-8-6-7-9-15(14)20/h6-13H,5H2,1-4H3,(H,22,27)/t12-,13+/m0/s1. The van der Waals surface area contributed by atoms with E-state index in [0.717, 1.165) is 12.0 Å². The van der Waals surface area contributed by atoms with E-state index < -0.39 is 0 Å². The van der Waals surface area contributed by atoms with Gasteiger partial charge in [0.25, 0.3) is 0 Å². The molecule has 9 heteroatoms. The summed E-state index contributed by atoms with van der Waals surface area (Å²) in [6.45, 7) is 5.99. The van der Waals surface area contributed by atoms with Gasteiger partial charge >= 0.3 is 0 Å². The van der Waals surface area contributed by atoms with Crippen molar-refractivity contribution in [2.24, 2.45) is 7.05 Å². The topological polar surface area (TPSA) is 77.6 Å². The van der Waals surface area contributed by atoms with Crippen LogP contribution in [-0.2, 0) is 11.8 Å². The van der Waals surface area contributed by atoms with E-state index in [9.17, 15) is 4.79 Å². The number of aromatic nitrogens is 5. The maximum Gasteiger partial charge on any atom is 0.238 e. The molecule has 0 spiro atoms. The van der Waals surface area contributed by atoms with Gasteiger partial charge in [-0.15, -0.1) is 10.2 Å². The summed E-state index contributed by atoms with van der Waals surface area (Å²) in [6.07, 6.45) is 2.62. The molecule has 1 aromatic carbocycles. The lowest BCUT2D eigenvalue weighted by Crippen LogP contribution is -2.25. The van der Waals surface area contributed by atoms with Crippen LogP contribution < -0.4 is 5.32 Å². The number of anilines is 1. The fourth-order valence-electron chi connectivity index (χ4n) is 2.67. The molecule has 1 N–H and O–H groups in total. The molecule has 2 aromatic heterocycles. The van der Waals surface area contributed by atoms with E-state index in [4.69, 9.17) is 11.6 Å². The molecule has 3 aromatic rings. The van der Waals surface area contributed by atoms with Gasteiger partial charge in [0.1, 0.15) is 5.82 Å². The second-order valence-corrected chi connectivity index (χ2v) is 8.23. The van der Waals surface area contributed by atoms with Crippen LogP contribution in [0.4, 0.5) is 5.82 Å². The quantitative estimate of drug-likeness (QED) is 0.574. The van der Waals surface area contributed by atoms with Crippen LogP contribution in [0.5, 0.6) is 0 Å². The summed E-state index contributed by atoms with van der Waals surface area (Å²) in [5.41, 5.74) is 0.806. The maximum absolute atomic E-state index is 12.7. The van der Waals surface area contributed by atoms with Gasteiger partial charge in [-0.3, -0.25) is 4.79 Å². The molecule has 0 aliphatic rings. The number of rotatable bonds is 7. The van der Waals surface area contributed by atoms with E-state index in [-0.39, 0.29) is 17.2 Å². The van der Waals surface area contributed by atoms with Crippen molar-refractivity contribution in [3.63, 3.8) is 0 Å². The molecule has 0 saturated carbocycles. The predicted molar refractivity (Wildman–Crippen MR) is 113 cm³/mol. The molecular weight excluding hydrogens is 396 g/mol. The van der Waals surface area contributed by atoms with Gasteiger partial charge in [-0.05, 0) is 32.4 Å². The zero-order valence-corrected chi connectivity index (χ0v) is 17.8. The van der Waals surface area contributed by atoms with E-state index in [1.54, 1.807) is 12.3 Å². The molecule has 28 heavy (non-hydrogen) atoms. The molecule has 1 amide bonds. The Hall–Kier alpha value is -2.32. The molecule has 0 aliphatic carbocycles. The normalized spacial score (nSPS) is 13.3. The number of nitrogens with zero attached hydrogens (tertiary/aromatic N) is 5. The summed E-state index contributed by atoms with van der Waals surface area (Å²) in [5, 5.41) is 16.6. The molecule has 0 unspecified atom stereocenters. The van der Waals surface area contributed by atoms with Crippen molar-refractivity contribution in [3.05, 3.63) is 41.6 Å². The Bertz CT molecular complexity index is 969. The summed E-state index contributed by atoms with van der Waals surface area (Å²) in [6, 6.07) is 9.50. The fourth-order valence-corrected chi connectivity index (χ4v) is 3.71. The number of hydrogen-bond acceptors (Lipinski definition) is 5. The monoisotopic (exact) mass is 418 g/mol. The Kier molecular flexibility index (Phi) is 6.41. The Morgan fingerprint density at radius 1 is 1.25 bits per heavy atom. The molecular formula is C19H23ClN6OS. The van der Waals surface area contributed by atoms with Gasteiger partial charge in [0, 0.05) is 18.7 Å². The van der Waals surface area contributed by atoms with Crippen LogP contribution in [0.2, 0.25) is 5.02 Å². The Morgan fingerprint density at radius 2 is 2.00 bits per heavy atom. The van der Waals surface area contributed by atoms with Gasteiger partial charge in [0.15, 0.2) is 11.0 Å². The Balaban J connectivity index is 1.72. The van der Waals surface area contributed by atoms with Crippen molar-refractivity contribution in [2.75, 3.05) is 5.32 Å². The number of nitrogens with one attached hydrogen (secondary N) is 1. The summed E-state index contributed by atoms with van der Waals surface area (Å²) < 4.78 is 3.67. The molecule has 2 heterocycles. The van der Waals surface area contributed by atoms with Gasteiger partial charge < -0.3 is 9.88 Å². The van der Waals surface area contributed by atoms with Crippen molar-refractivity contribution in [1.82, 2.24) is 24.5 Å². The summed E-state index contributed by atoms with van der Waals surface area (Å²) in [5.74, 6) is 1.24. The molecule has 0 radical (unpaired) electrons. The van der Waals surface area contributed by atoms with Crippen LogP contribution in [-0.4, -0.2) is 35.7 Å². The van der Waals surface area contributed by atoms with Crippen molar-refractivity contribution in [1.29, 1.82) is 0 Å². The number of halogens is 1. The van der Waals surface area contributed by atoms with Crippen molar-refractivity contribution < 1.29 is 4.79 Å². The van der Waals surface area contributed by atoms with E-state index in [1.807, 2.05) is 47.5 Å². The molecule has 0 fully saturated rings. The minimum Gasteiger partial charge on any atom is -0.310 e. The molecule has 148 valence electrons. The summed E-state index contributed by atoms with van der Waals surface area (Å²) in [7, 11) is 1.86. The van der Waals surface area contributed by atoms with Crippen LogP contribution >= 0.6 is 23.4 Å². The van der Waals surface area contributed by atoms with Crippen molar-refractivity contribution >= 4 is 35.1 Å². The first kappa shape index (κ1) is 20.4. The van der Waals surface area contributed by atoms with E-state index >= 15 is 0 Å². The lowest BCUT2D eigenvalue weighted by Gasteiger charge is -2.16. The van der Waals surface area contributed by atoms with Crippen molar-refractivity contribution in [3.8, 4) is 11.4 Å². The first-order valence-corrected chi connectivity index (χ1v) is 10.3. The lowest BCUT2D eigenvalue weighted by molar-refractivity contribution is -0.115. The smallest absolute Gasteiger partial charge is 0.238 e. The average Bonchev–Trinajstić information content (AvgIpc) is 3.29. The third kappa shape index (κ3) is 4.23. The van der Waals surface area contributed by atoms with Crippen LogP contribution in [0, 0.1) is 0 Å². The second-order valence-electron chi connectivity index (χ2n) is 6.51. The largest absolute Gasteiger partial charge is 0.310 e. The number of benzene rings is 1. The van der Waals surface area contributed by atoms with Gasteiger partial charge in [-0.25, -0.2) is 4.68 Å². The third-order valence-electron chi connectivity index (χ3n) is 4.53. The van der Waals surface area contributed by atoms with Crippen LogP contribution in [0.1, 0.15) is 33.2 Å². The molecule has 0 aliphatic heterocycles. The Labute approximate surface area is 173 Å². The van der Waals surface area contributed by atoms with E-state index in [2.05, 4.69) is 34.5 Å². The molecule has 2 atom stereocenters. The average molecular weight is 419 g/mol. The molecule has 3 rings (SSSR count). The first-order valence-electron chi connectivity index (χ1n) is 9.07. The minimum atomic E-state index is -0.359. The predicted octanol–water partition coefficient (Wildman–Crippen LogP) is 4.42. The highest BCUT2D eigenvalue weighted by Crippen LogP contribution is 2.30. The number of amides is 1.